The van der Waals surface area contributed by atoms with Crippen LogP contribution in [0.1, 0.15) is 26.5 Å². The van der Waals surface area contributed by atoms with E-state index in [1.807, 2.05) is 24.3 Å². The number of methoxy groups -OCH3 is 1. The number of carbonyl (C=O) groups excluding carboxylic acids is 2. The molecule has 0 bridgehead atoms. The Labute approximate surface area is 179 Å². The summed E-state index contributed by atoms with van der Waals surface area (Å²) in [6, 6.07) is 11.4. The Bertz CT molecular complexity index is 1240. The molecule has 1 N–H and O–H groups in total. The van der Waals surface area contributed by atoms with Gasteiger partial charge in [-0.3, -0.25) is 10.1 Å². The number of furan rings is 1. The molecule has 6 nitrogen and oxygen atoms in total. The second kappa shape index (κ2) is 7.89. The number of para-hydroxylation sites is 1. The highest BCUT2D eigenvalue weighted by atomic mass is 35.5. The molecule has 0 saturated carbocycles. The van der Waals surface area contributed by atoms with E-state index in [9.17, 15) is 14.0 Å². The summed E-state index contributed by atoms with van der Waals surface area (Å²) in [5.74, 6) is -2.05. The van der Waals surface area contributed by atoms with Gasteiger partial charge in [-0.25, -0.2) is 14.2 Å². The highest BCUT2D eigenvalue weighted by molar-refractivity contribution is 7.21. The molecule has 4 rings (SSSR count). The molecular formula is C21H14ClFN2O4S. The molecule has 0 aliphatic heterocycles. The molecule has 0 spiro atoms. The lowest BCUT2D eigenvalue weighted by Crippen LogP contribution is -2.15. The molecule has 0 unspecified atom stereocenters. The number of anilines is 1. The third-order valence-corrected chi connectivity index (χ3v) is 5.77. The number of halogens is 2. The van der Waals surface area contributed by atoms with Gasteiger partial charge in [0.15, 0.2) is 0 Å². The molecule has 2 heterocycles. The molecule has 0 aliphatic carbocycles. The maximum atomic E-state index is 14.2. The fraction of sp³-hybridized carbons (Fsp3) is 0.0952. The quantitative estimate of drug-likeness (QED) is 0.408. The molecule has 0 saturated heterocycles. The van der Waals surface area contributed by atoms with Crippen LogP contribution in [0.4, 0.5) is 10.3 Å². The van der Waals surface area contributed by atoms with Crippen molar-refractivity contribution < 1.29 is 23.1 Å². The smallest absolute Gasteiger partial charge is 0.342 e. The topological polar surface area (TPSA) is 81.4 Å². The van der Waals surface area contributed by atoms with Crippen LogP contribution in [0.5, 0.6) is 0 Å². The maximum Gasteiger partial charge on any atom is 0.342 e. The van der Waals surface area contributed by atoms with E-state index in [1.165, 1.54) is 30.6 Å². The number of carbonyl (C=O) groups is 2. The Morgan fingerprint density at radius 3 is 2.63 bits per heavy atom. The van der Waals surface area contributed by atoms with Crippen molar-refractivity contribution in [1.82, 2.24) is 4.98 Å². The maximum absolute atomic E-state index is 14.2. The summed E-state index contributed by atoms with van der Waals surface area (Å²) in [4.78, 5) is 29.7. The summed E-state index contributed by atoms with van der Waals surface area (Å²) in [6.07, 6.45) is 0. The first-order valence-corrected chi connectivity index (χ1v) is 9.93. The van der Waals surface area contributed by atoms with Crippen LogP contribution < -0.4 is 5.32 Å². The minimum Gasteiger partial charge on any atom is -0.465 e. The van der Waals surface area contributed by atoms with Crippen LogP contribution in [0, 0.1) is 12.7 Å². The van der Waals surface area contributed by atoms with E-state index in [1.54, 1.807) is 6.92 Å². The average molecular weight is 445 g/mol. The zero-order valence-corrected chi connectivity index (χ0v) is 17.4. The van der Waals surface area contributed by atoms with Crippen molar-refractivity contribution in [3.8, 4) is 10.6 Å². The number of esters is 1. The molecule has 1 amide bonds. The van der Waals surface area contributed by atoms with Crippen molar-refractivity contribution >= 4 is 50.9 Å². The summed E-state index contributed by atoms with van der Waals surface area (Å²) in [5, 5.41) is 2.92. The molecule has 0 radical (unpaired) electrons. The van der Waals surface area contributed by atoms with Crippen molar-refractivity contribution in [3.63, 3.8) is 0 Å². The van der Waals surface area contributed by atoms with Gasteiger partial charge in [0.25, 0.3) is 5.91 Å². The third kappa shape index (κ3) is 3.44. The minimum absolute atomic E-state index is 0.0451. The van der Waals surface area contributed by atoms with Crippen LogP contribution >= 0.6 is 22.9 Å². The van der Waals surface area contributed by atoms with Crippen LogP contribution in [-0.2, 0) is 4.74 Å². The van der Waals surface area contributed by atoms with Crippen LogP contribution in [0.15, 0.2) is 46.9 Å². The lowest BCUT2D eigenvalue weighted by Gasteiger charge is -2.07. The van der Waals surface area contributed by atoms with Gasteiger partial charge in [0.1, 0.15) is 22.1 Å². The molecule has 2 aromatic heterocycles. The van der Waals surface area contributed by atoms with Crippen molar-refractivity contribution in [3.05, 3.63) is 70.2 Å². The Kier molecular flexibility index (Phi) is 5.27. The van der Waals surface area contributed by atoms with Crippen molar-refractivity contribution in [2.45, 2.75) is 6.92 Å². The largest absolute Gasteiger partial charge is 0.465 e. The summed E-state index contributed by atoms with van der Waals surface area (Å²) in [7, 11) is 1.24. The minimum atomic E-state index is -0.814. The molecule has 0 aliphatic rings. The first kappa shape index (κ1) is 20.1. The molecule has 0 atom stereocenters. The number of hydrogen-bond donors (Lipinski definition) is 1. The van der Waals surface area contributed by atoms with Gasteiger partial charge in [-0.2, -0.15) is 0 Å². The number of benzene rings is 2. The molecule has 2 aromatic carbocycles. The van der Waals surface area contributed by atoms with Gasteiger partial charge in [-0.15, -0.1) is 11.3 Å². The van der Waals surface area contributed by atoms with Crippen LogP contribution in [-0.4, -0.2) is 24.0 Å². The molecule has 9 heteroatoms. The highest BCUT2D eigenvalue weighted by Crippen LogP contribution is 2.41. The molecular weight excluding hydrogens is 431 g/mol. The summed E-state index contributed by atoms with van der Waals surface area (Å²) in [5.41, 5.74) is 0.789. The Hall–Kier alpha value is -3.23. The van der Waals surface area contributed by atoms with E-state index in [4.69, 9.17) is 20.8 Å². The van der Waals surface area contributed by atoms with E-state index in [0.29, 0.717) is 5.01 Å². The van der Waals surface area contributed by atoms with Crippen molar-refractivity contribution in [2.24, 2.45) is 0 Å². The van der Waals surface area contributed by atoms with Gasteiger partial charge < -0.3 is 9.15 Å². The predicted molar refractivity (Wildman–Crippen MR) is 113 cm³/mol. The van der Waals surface area contributed by atoms with E-state index < -0.39 is 17.7 Å². The normalized spacial score (nSPS) is 10.9. The molecule has 0 fully saturated rings. The Morgan fingerprint density at radius 2 is 1.93 bits per heavy atom. The second-order valence-electron chi connectivity index (χ2n) is 6.27. The fourth-order valence-electron chi connectivity index (χ4n) is 3.04. The monoisotopic (exact) mass is 444 g/mol. The number of ether oxygens (including phenoxy) is 1. The molecule has 152 valence electrons. The van der Waals surface area contributed by atoms with Crippen LogP contribution in [0.2, 0.25) is 5.02 Å². The van der Waals surface area contributed by atoms with Gasteiger partial charge in [-0.1, -0.05) is 29.8 Å². The van der Waals surface area contributed by atoms with E-state index in [2.05, 4.69) is 10.3 Å². The summed E-state index contributed by atoms with van der Waals surface area (Å²) in [6.45, 7) is 1.56. The van der Waals surface area contributed by atoms with Gasteiger partial charge in [0.05, 0.1) is 33.5 Å². The SMILES string of the molecule is COC(=O)c1c(C)oc(NC(=O)c2c(F)cccc2Cl)c1-c1nc2ccccc2s1. The standard InChI is InChI=1S/C21H14ClFN2O4S/c1-10-15(21(27)28-2)17(20-24-13-8-3-4-9-14(13)30-20)19(29-10)25-18(26)16-11(22)6-5-7-12(16)23/h3-9H,1-2H3,(H,25,26). The van der Waals surface area contributed by atoms with Crippen molar-refractivity contribution in [2.75, 3.05) is 12.4 Å². The van der Waals surface area contributed by atoms with E-state index >= 15 is 0 Å². The average Bonchev–Trinajstić information content (AvgIpc) is 3.27. The zero-order valence-electron chi connectivity index (χ0n) is 15.8. The van der Waals surface area contributed by atoms with Crippen LogP contribution in [0.3, 0.4) is 0 Å². The lowest BCUT2D eigenvalue weighted by atomic mass is 10.1. The first-order chi connectivity index (χ1) is 14.4. The predicted octanol–water partition coefficient (Wildman–Crippen LogP) is 5.70. The third-order valence-electron chi connectivity index (χ3n) is 4.40. The van der Waals surface area contributed by atoms with Gasteiger partial charge >= 0.3 is 5.97 Å². The number of thiazole rings is 1. The summed E-state index contributed by atoms with van der Waals surface area (Å²) >= 11 is 7.31. The number of hydrogen-bond acceptors (Lipinski definition) is 6. The Morgan fingerprint density at radius 1 is 1.17 bits per heavy atom. The highest BCUT2D eigenvalue weighted by Gasteiger charge is 2.29. The van der Waals surface area contributed by atoms with Gasteiger partial charge in [0.2, 0.25) is 5.88 Å². The number of amides is 1. The fourth-order valence-corrected chi connectivity index (χ4v) is 4.31. The van der Waals surface area contributed by atoms with E-state index in [0.717, 1.165) is 16.3 Å². The molecule has 30 heavy (non-hydrogen) atoms. The number of rotatable bonds is 4. The number of aromatic nitrogens is 1. The number of aryl methyl sites for hydroxylation is 1. The van der Waals surface area contributed by atoms with E-state index in [-0.39, 0.29) is 33.4 Å². The van der Waals surface area contributed by atoms with Gasteiger partial charge in [-0.05, 0) is 31.2 Å². The number of nitrogens with zero attached hydrogens (tertiary/aromatic N) is 1. The van der Waals surface area contributed by atoms with Crippen molar-refractivity contribution in [1.29, 1.82) is 0 Å². The number of fused-ring (bicyclic) bond motifs is 1. The zero-order chi connectivity index (χ0) is 21.4. The first-order valence-electron chi connectivity index (χ1n) is 8.73. The Balaban J connectivity index is 1.86. The number of nitrogens with one attached hydrogen (secondary N) is 1. The van der Waals surface area contributed by atoms with Crippen LogP contribution in [0.25, 0.3) is 20.8 Å². The molecule has 4 aromatic rings. The van der Waals surface area contributed by atoms with Gasteiger partial charge in [0, 0.05) is 0 Å². The summed E-state index contributed by atoms with van der Waals surface area (Å²) < 4.78 is 25.6. The second-order valence-corrected chi connectivity index (χ2v) is 7.70. The lowest BCUT2D eigenvalue weighted by molar-refractivity contribution is 0.0599.